The number of ether oxygens (including phenoxy) is 1. The first-order valence-electron chi connectivity index (χ1n) is 7.51. The fourth-order valence-electron chi connectivity index (χ4n) is 1.81. The maximum atomic E-state index is 11.8. The predicted octanol–water partition coefficient (Wildman–Crippen LogP) is 3.36. The number of hydrogen-bond donors (Lipinski definition) is 2. The lowest BCUT2D eigenvalue weighted by molar-refractivity contribution is -0.144. The summed E-state index contributed by atoms with van der Waals surface area (Å²) < 4.78 is 4.76. The molecule has 0 radical (unpaired) electrons. The number of rotatable bonds is 8. The van der Waals surface area contributed by atoms with Crippen molar-refractivity contribution in [1.29, 1.82) is 0 Å². The highest BCUT2D eigenvalue weighted by atomic mass is 35.5. The average Bonchev–Trinajstić information content (AvgIpc) is 2.49. The van der Waals surface area contributed by atoms with Crippen LogP contribution in [0, 0.1) is 0 Å². The molecule has 1 rings (SSSR count). The zero-order chi connectivity index (χ0) is 17.2. The summed E-state index contributed by atoms with van der Waals surface area (Å²) in [5.41, 5.74) is 0.934. The Bertz CT molecular complexity index is 575. The Hall–Kier alpha value is -2.08. The van der Waals surface area contributed by atoms with Crippen molar-refractivity contribution in [3.63, 3.8) is 0 Å². The van der Waals surface area contributed by atoms with Crippen molar-refractivity contribution < 1.29 is 19.1 Å². The second kappa shape index (κ2) is 9.84. The van der Waals surface area contributed by atoms with Crippen molar-refractivity contribution in [3.05, 3.63) is 23.2 Å². The van der Waals surface area contributed by atoms with Gasteiger partial charge in [0.15, 0.2) is 0 Å². The van der Waals surface area contributed by atoms with Crippen LogP contribution in [0.2, 0.25) is 5.02 Å². The molecule has 0 heterocycles. The van der Waals surface area contributed by atoms with E-state index in [1.807, 2.05) is 6.92 Å². The molecule has 0 atom stereocenters. The number of amides is 2. The molecule has 0 saturated carbocycles. The molecule has 2 N–H and O–H groups in total. The second-order valence-corrected chi connectivity index (χ2v) is 5.25. The summed E-state index contributed by atoms with van der Waals surface area (Å²) in [4.78, 5) is 34.7. The van der Waals surface area contributed by atoms with Crippen LogP contribution in [0.25, 0.3) is 0 Å². The van der Waals surface area contributed by atoms with Crippen LogP contribution in [0.1, 0.15) is 39.5 Å². The smallest absolute Gasteiger partial charge is 0.306 e. The van der Waals surface area contributed by atoms with Crippen molar-refractivity contribution >= 4 is 40.8 Å². The average molecular weight is 341 g/mol. The molecule has 2 amide bonds. The number of nitrogens with one attached hydrogen (secondary N) is 2. The van der Waals surface area contributed by atoms with Gasteiger partial charge >= 0.3 is 5.97 Å². The van der Waals surface area contributed by atoms with Crippen molar-refractivity contribution in [2.45, 2.75) is 39.5 Å². The Morgan fingerprint density at radius 1 is 1.04 bits per heavy atom. The first kappa shape index (κ1) is 19.0. The van der Waals surface area contributed by atoms with E-state index < -0.39 is 5.97 Å². The standard InChI is InChI=1S/C16H21ClN2O4/c1-3-5-14(20)18-11-6-7-12(17)13(10-11)19-15(21)8-9-16(22)23-4-2/h6-7,10H,3-5,8-9H2,1-2H3,(H,18,20)(H,19,21). The van der Waals surface area contributed by atoms with Crippen LogP contribution >= 0.6 is 11.6 Å². The quantitative estimate of drug-likeness (QED) is 0.711. The third-order valence-electron chi connectivity index (χ3n) is 2.86. The van der Waals surface area contributed by atoms with Crippen LogP contribution in [-0.2, 0) is 19.1 Å². The molecule has 1 aromatic rings. The van der Waals surface area contributed by atoms with Gasteiger partial charge in [-0.1, -0.05) is 18.5 Å². The normalized spacial score (nSPS) is 10.0. The summed E-state index contributed by atoms with van der Waals surface area (Å²) >= 11 is 6.03. The predicted molar refractivity (Wildman–Crippen MR) is 89.5 cm³/mol. The molecule has 0 aliphatic rings. The van der Waals surface area contributed by atoms with Crippen LogP contribution in [0.4, 0.5) is 11.4 Å². The fraction of sp³-hybridized carbons (Fsp3) is 0.438. The van der Waals surface area contributed by atoms with E-state index in [0.717, 1.165) is 6.42 Å². The summed E-state index contributed by atoms with van der Waals surface area (Å²) in [6.45, 7) is 3.90. The van der Waals surface area contributed by atoms with E-state index in [4.69, 9.17) is 16.3 Å². The Labute approximate surface area is 140 Å². The van der Waals surface area contributed by atoms with Gasteiger partial charge in [-0.3, -0.25) is 14.4 Å². The minimum Gasteiger partial charge on any atom is -0.466 e. The number of esters is 1. The maximum Gasteiger partial charge on any atom is 0.306 e. The van der Waals surface area contributed by atoms with Gasteiger partial charge in [0, 0.05) is 18.5 Å². The van der Waals surface area contributed by atoms with Crippen LogP contribution in [-0.4, -0.2) is 24.4 Å². The van der Waals surface area contributed by atoms with Gasteiger partial charge < -0.3 is 15.4 Å². The Balaban J connectivity index is 2.63. The van der Waals surface area contributed by atoms with E-state index in [1.54, 1.807) is 25.1 Å². The van der Waals surface area contributed by atoms with E-state index in [0.29, 0.717) is 22.8 Å². The lowest BCUT2D eigenvalue weighted by Crippen LogP contribution is -2.15. The molecule has 0 aromatic heterocycles. The molecular weight excluding hydrogens is 320 g/mol. The van der Waals surface area contributed by atoms with Crippen molar-refractivity contribution in [2.75, 3.05) is 17.2 Å². The molecule has 0 aliphatic heterocycles. The summed E-state index contributed by atoms with van der Waals surface area (Å²) in [6, 6.07) is 4.83. The highest BCUT2D eigenvalue weighted by Crippen LogP contribution is 2.26. The molecular formula is C16H21ClN2O4. The van der Waals surface area contributed by atoms with Gasteiger partial charge in [-0.05, 0) is 31.5 Å². The topological polar surface area (TPSA) is 84.5 Å². The molecule has 0 bridgehead atoms. The second-order valence-electron chi connectivity index (χ2n) is 4.85. The third kappa shape index (κ3) is 7.15. The van der Waals surface area contributed by atoms with E-state index in [-0.39, 0.29) is 31.3 Å². The lowest BCUT2D eigenvalue weighted by Gasteiger charge is -2.10. The van der Waals surface area contributed by atoms with Gasteiger partial charge in [-0.2, -0.15) is 0 Å². The van der Waals surface area contributed by atoms with E-state index in [2.05, 4.69) is 10.6 Å². The van der Waals surface area contributed by atoms with E-state index >= 15 is 0 Å². The van der Waals surface area contributed by atoms with Crippen LogP contribution in [0.3, 0.4) is 0 Å². The molecule has 0 fully saturated rings. The first-order valence-corrected chi connectivity index (χ1v) is 7.89. The van der Waals surface area contributed by atoms with Crippen molar-refractivity contribution in [1.82, 2.24) is 0 Å². The minimum atomic E-state index is -0.422. The maximum absolute atomic E-state index is 11.8. The molecule has 126 valence electrons. The molecule has 0 aliphatic carbocycles. The van der Waals surface area contributed by atoms with Crippen LogP contribution < -0.4 is 10.6 Å². The highest BCUT2D eigenvalue weighted by molar-refractivity contribution is 6.33. The van der Waals surface area contributed by atoms with Crippen molar-refractivity contribution in [2.24, 2.45) is 0 Å². The molecule has 0 unspecified atom stereocenters. The zero-order valence-electron chi connectivity index (χ0n) is 13.3. The number of carbonyl (C=O) groups excluding carboxylic acids is 3. The first-order chi connectivity index (χ1) is 11.0. The molecule has 1 aromatic carbocycles. The Kier molecular flexibility index (Phi) is 8.11. The molecule has 0 spiro atoms. The number of anilines is 2. The summed E-state index contributed by atoms with van der Waals surface area (Å²) in [7, 11) is 0. The lowest BCUT2D eigenvalue weighted by atomic mass is 10.2. The Morgan fingerprint density at radius 2 is 1.74 bits per heavy atom. The number of hydrogen-bond acceptors (Lipinski definition) is 4. The third-order valence-corrected chi connectivity index (χ3v) is 3.19. The highest BCUT2D eigenvalue weighted by Gasteiger charge is 2.11. The molecule has 0 saturated heterocycles. The monoisotopic (exact) mass is 340 g/mol. The number of halogens is 1. The largest absolute Gasteiger partial charge is 0.466 e. The minimum absolute atomic E-state index is 0.00157. The summed E-state index contributed by atoms with van der Waals surface area (Å²) in [6.07, 6.45) is 1.17. The van der Waals surface area contributed by atoms with Crippen LogP contribution in [0.15, 0.2) is 18.2 Å². The summed E-state index contributed by atoms with van der Waals surface area (Å²) in [5, 5.41) is 5.70. The number of benzene rings is 1. The van der Waals surface area contributed by atoms with Gasteiger partial charge in [-0.15, -0.1) is 0 Å². The molecule has 6 nitrogen and oxygen atoms in total. The van der Waals surface area contributed by atoms with Gasteiger partial charge in [0.1, 0.15) is 0 Å². The molecule has 23 heavy (non-hydrogen) atoms. The van der Waals surface area contributed by atoms with Gasteiger partial charge in [0.25, 0.3) is 0 Å². The van der Waals surface area contributed by atoms with Gasteiger partial charge in [0.2, 0.25) is 11.8 Å². The van der Waals surface area contributed by atoms with Gasteiger partial charge in [-0.25, -0.2) is 0 Å². The van der Waals surface area contributed by atoms with E-state index in [1.165, 1.54) is 0 Å². The number of carbonyl (C=O) groups is 3. The Morgan fingerprint density at radius 3 is 2.39 bits per heavy atom. The summed E-state index contributed by atoms with van der Waals surface area (Å²) in [5.74, 6) is -0.874. The van der Waals surface area contributed by atoms with E-state index in [9.17, 15) is 14.4 Å². The fourth-order valence-corrected chi connectivity index (χ4v) is 1.98. The van der Waals surface area contributed by atoms with Gasteiger partial charge in [0.05, 0.1) is 23.7 Å². The molecule has 7 heteroatoms. The SMILES string of the molecule is CCCC(=O)Nc1ccc(Cl)c(NC(=O)CCC(=O)OCC)c1. The van der Waals surface area contributed by atoms with Crippen molar-refractivity contribution in [3.8, 4) is 0 Å². The van der Waals surface area contributed by atoms with Crippen LogP contribution in [0.5, 0.6) is 0 Å². The zero-order valence-corrected chi connectivity index (χ0v) is 14.0.